The molecule has 1 saturated carbocycles. The first-order chi connectivity index (χ1) is 8.79. The fourth-order valence-corrected chi connectivity index (χ4v) is 2.94. The van der Waals surface area contributed by atoms with E-state index in [1.54, 1.807) is 0 Å². The monoisotopic (exact) mass is 311 g/mol. The molecule has 2 nitrogen and oxygen atoms in total. The lowest BCUT2D eigenvalue weighted by molar-refractivity contribution is 0.228. The molecule has 0 aliphatic heterocycles. The van der Waals surface area contributed by atoms with Crippen LogP contribution in [0.4, 0.5) is 0 Å². The summed E-state index contributed by atoms with van der Waals surface area (Å²) in [5.41, 5.74) is 1.17. The van der Waals surface area contributed by atoms with Crippen molar-refractivity contribution in [2.75, 3.05) is 6.61 Å². The summed E-state index contributed by atoms with van der Waals surface area (Å²) in [5.74, 6) is 0. The first-order valence-electron chi connectivity index (χ1n) is 6.92. The van der Waals surface area contributed by atoms with Gasteiger partial charge in [-0.1, -0.05) is 53.7 Å². The molecule has 0 bridgehead atoms. The predicted molar refractivity (Wildman–Crippen MR) is 78.6 cm³/mol. The van der Waals surface area contributed by atoms with Crippen molar-refractivity contribution in [3.8, 4) is 0 Å². The maximum absolute atomic E-state index is 9.58. The normalized spacial score (nSPS) is 19.4. The fraction of sp³-hybridized carbons (Fsp3) is 0.600. The molecule has 0 amide bonds. The third-order valence-corrected chi connectivity index (χ3v) is 4.28. The van der Waals surface area contributed by atoms with Gasteiger partial charge >= 0.3 is 0 Å². The van der Waals surface area contributed by atoms with E-state index in [9.17, 15) is 5.11 Å². The number of aliphatic hydroxyl groups excluding tert-OH is 1. The maximum Gasteiger partial charge on any atom is 0.0626 e. The number of nitrogens with one attached hydrogen (secondary N) is 1. The van der Waals surface area contributed by atoms with Crippen molar-refractivity contribution in [2.45, 2.75) is 50.6 Å². The molecule has 1 fully saturated rings. The Morgan fingerprint density at radius 2 is 1.72 bits per heavy atom. The molecule has 0 aromatic heterocycles. The highest BCUT2D eigenvalue weighted by Crippen LogP contribution is 2.22. The van der Waals surface area contributed by atoms with Crippen LogP contribution in [0.2, 0.25) is 0 Å². The van der Waals surface area contributed by atoms with Gasteiger partial charge in [-0.05, 0) is 30.5 Å². The Kier molecular flexibility index (Phi) is 5.67. The van der Waals surface area contributed by atoms with Crippen LogP contribution < -0.4 is 5.32 Å². The van der Waals surface area contributed by atoms with Crippen LogP contribution >= 0.6 is 15.9 Å². The maximum atomic E-state index is 9.58. The van der Waals surface area contributed by atoms with Crippen LogP contribution in [0.25, 0.3) is 0 Å². The van der Waals surface area contributed by atoms with Gasteiger partial charge in [-0.2, -0.15) is 0 Å². The van der Waals surface area contributed by atoms with Gasteiger partial charge < -0.3 is 10.4 Å². The van der Waals surface area contributed by atoms with E-state index in [-0.39, 0.29) is 12.6 Å². The van der Waals surface area contributed by atoms with Crippen molar-refractivity contribution in [3.63, 3.8) is 0 Å². The van der Waals surface area contributed by atoms with Crippen LogP contribution in [0.5, 0.6) is 0 Å². The van der Waals surface area contributed by atoms with Gasteiger partial charge in [-0.25, -0.2) is 0 Å². The number of hydrogen-bond acceptors (Lipinski definition) is 2. The zero-order valence-electron chi connectivity index (χ0n) is 10.7. The molecule has 2 rings (SSSR count). The number of aliphatic hydroxyl groups is 1. The highest BCUT2D eigenvalue weighted by molar-refractivity contribution is 9.10. The first kappa shape index (κ1) is 14.0. The molecule has 0 spiro atoms. The Hall–Kier alpha value is -0.380. The molecule has 100 valence electrons. The quantitative estimate of drug-likeness (QED) is 0.829. The Morgan fingerprint density at radius 3 is 2.28 bits per heavy atom. The van der Waals surface area contributed by atoms with Gasteiger partial charge in [0.25, 0.3) is 0 Å². The molecule has 0 saturated heterocycles. The number of rotatable bonds is 4. The van der Waals surface area contributed by atoms with Gasteiger partial charge in [0, 0.05) is 10.5 Å². The minimum Gasteiger partial charge on any atom is -0.394 e. The summed E-state index contributed by atoms with van der Waals surface area (Å²) < 4.78 is 1.08. The zero-order valence-corrected chi connectivity index (χ0v) is 12.3. The molecular formula is C15H22BrNO. The third-order valence-electron chi connectivity index (χ3n) is 3.75. The third kappa shape index (κ3) is 4.08. The topological polar surface area (TPSA) is 32.3 Å². The summed E-state index contributed by atoms with van der Waals surface area (Å²) in [4.78, 5) is 0. The number of benzene rings is 1. The summed E-state index contributed by atoms with van der Waals surface area (Å²) in [7, 11) is 0. The molecule has 1 aromatic rings. The van der Waals surface area contributed by atoms with Crippen molar-refractivity contribution in [1.29, 1.82) is 0 Å². The van der Waals surface area contributed by atoms with E-state index in [0.29, 0.717) is 6.04 Å². The summed E-state index contributed by atoms with van der Waals surface area (Å²) >= 11 is 3.44. The molecule has 0 radical (unpaired) electrons. The van der Waals surface area contributed by atoms with Gasteiger partial charge in [0.15, 0.2) is 0 Å². The average Bonchev–Trinajstić information content (AvgIpc) is 2.66. The molecular weight excluding hydrogens is 290 g/mol. The summed E-state index contributed by atoms with van der Waals surface area (Å²) in [6, 6.07) is 8.86. The van der Waals surface area contributed by atoms with E-state index in [4.69, 9.17) is 0 Å². The Balaban J connectivity index is 1.97. The first-order valence-corrected chi connectivity index (χ1v) is 7.71. The highest BCUT2D eigenvalue weighted by atomic mass is 79.9. The zero-order chi connectivity index (χ0) is 12.8. The summed E-state index contributed by atoms with van der Waals surface area (Å²) in [6.07, 6.45) is 7.84. The lowest BCUT2D eigenvalue weighted by Crippen LogP contribution is -2.34. The van der Waals surface area contributed by atoms with Gasteiger partial charge in [-0.3, -0.25) is 0 Å². The van der Waals surface area contributed by atoms with E-state index in [0.717, 1.165) is 4.47 Å². The number of halogens is 1. The molecule has 3 heteroatoms. The van der Waals surface area contributed by atoms with Crippen molar-refractivity contribution in [2.24, 2.45) is 0 Å². The Labute approximate surface area is 118 Å². The summed E-state index contributed by atoms with van der Waals surface area (Å²) in [6.45, 7) is 0.165. The van der Waals surface area contributed by atoms with Crippen molar-refractivity contribution >= 4 is 15.9 Å². The Morgan fingerprint density at radius 1 is 1.11 bits per heavy atom. The largest absolute Gasteiger partial charge is 0.394 e. The van der Waals surface area contributed by atoms with Crippen molar-refractivity contribution < 1.29 is 5.11 Å². The van der Waals surface area contributed by atoms with Crippen LogP contribution in [-0.2, 0) is 0 Å². The molecule has 18 heavy (non-hydrogen) atoms. The average molecular weight is 312 g/mol. The molecule has 1 atom stereocenters. The minimum absolute atomic E-state index is 0.0706. The Bertz CT molecular complexity index is 344. The van der Waals surface area contributed by atoms with Crippen LogP contribution in [0.1, 0.15) is 50.1 Å². The molecule has 1 aliphatic rings. The molecule has 1 unspecified atom stereocenters. The van der Waals surface area contributed by atoms with Crippen LogP contribution in [0, 0.1) is 0 Å². The van der Waals surface area contributed by atoms with E-state index in [1.165, 1.54) is 44.1 Å². The second-order valence-electron chi connectivity index (χ2n) is 5.14. The molecule has 2 N–H and O–H groups in total. The van der Waals surface area contributed by atoms with Crippen LogP contribution in [0.15, 0.2) is 28.7 Å². The van der Waals surface area contributed by atoms with Gasteiger partial charge in [0.05, 0.1) is 12.6 Å². The number of hydrogen-bond donors (Lipinski definition) is 2. The van der Waals surface area contributed by atoms with Gasteiger partial charge in [0.2, 0.25) is 0 Å². The van der Waals surface area contributed by atoms with Gasteiger partial charge in [-0.15, -0.1) is 0 Å². The SMILES string of the molecule is OCC(NC1CCCCCC1)c1ccc(Br)cc1. The second-order valence-corrected chi connectivity index (χ2v) is 6.06. The van der Waals surface area contributed by atoms with E-state index >= 15 is 0 Å². The van der Waals surface area contributed by atoms with Gasteiger partial charge in [0.1, 0.15) is 0 Å². The van der Waals surface area contributed by atoms with Crippen LogP contribution in [0.3, 0.4) is 0 Å². The minimum atomic E-state index is 0.0706. The highest BCUT2D eigenvalue weighted by Gasteiger charge is 2.17. The van der Waals surface area contributed by atoms with E-state index in [2.05, 4.69) is 33.4 Å². The molecule has 0 heterocycles. The van der Waals surface area contributed by atoms with Crippen molar-refractivity contribution in [1.82, 2.24) is 5.32 Å². The lowest BCUT2D eigenvalue weighted by atomic mass is 10.0. The van der Waals surface area contributed by atoms with Crippen LogP contribution in [-0.4, -0.2) is 17.8 Å². The van der Waals surface area contributed by atoms with E-state index < -0.39 is 0 Å². The lowest BCUT2D eigenvalue weighted by Gasteiger charge is -2.24. The fourth-order valence-electron chi connectivity index (χ4n) is 2.68. The predicted octanol–water partition coefficient (Wildman–Crippen LogP) is 3.79. The summed E-state index contributed by atoms with van der Waals surface area (Å²) in [5, 5.41) is 13.2. The van der Waals surface area contributed by atoms with E-state index in [1.807, 2.05) is 12.1 Å². The van der Waals surface area contributed by atoms with Crippen molar-refractivity contribution in [3.05, 3.63) is 34.3 Å². The second kappa shape index (κ2) is 7.27. The smallest absolute Gasteiger partial charge is 0.0626 e. The standard InChI is InChI=1S/C15H22BrNO/c16-13-9-7-12(8-10-13)15(11-18)17-14-5-3-1-2-4-6-14/h7-10,14-15,17-18H,1-6,11H2. The molecule has 1 aliphatic carbocycles. The molecule has 1 aromatic carbocycles.